The van der Waals surface area contributed by atoms with Crippen molar-refractivity contribution in [1.82, 2.24) is 4.90 Å². The lowest BCUT2D eigenvalue weighted by molar-refractivity contribution is -0.120. The Labute approximate surface area is 115 Å². The van der Waals surface area contributed by atoms with Crippen LogP contribution in [0.4, 0.5) is 10.5 Å². The number of amides is 2. The molecule has 0 aromatic heterocycles. The first-order valence-corrected chi connectivity index (χ1v) is 7.07. The lowest BCUT2D eigenvalue weighted by Gasteiger charge is -2.29. The van der Waals surface area contributed by atoms with E-state index < -0.39 is 5.37 Å². The van der Waals surface area contributed by atoms with Crippen LogP contribution in [-0.4, -0.2) is 47.7 Å². The molecule has 0 radical (unpaired) electrons. The molecule has 2 aliphatic heterocycles. The van der Waals surface area contributed by atoms with Gasteiger partial charge in [0.2, 0.25) is 0 Å². The van der Waals surface area contributed by atoms with Gasteiger partial charge in [-0.05, 0) is 23.9 Å². The number of ether oxygens (including phenoxy) is 1. The summed E-state index contributed by atoms with van der Waals surface area (Å²) in [4.78, 5) is 27.7. The van der Waals surface area contributed by atoms with E-state index in [2.05, 4.69) is 0 Å². The van der Waals surface area contributed by atoms with Crippen LogP contribution in [0.25, 0.3) is 0 Å². The number of carbonyl (C=O) groups is 2. The number of imide groups is 1. The molecule has 2 fully saturated rings. The highest BCUT2D eigenvalue weighted by molar-refractivity contribution is 8.15. The molecule has 0 unspecified atom stereocenters. The average molecular weight is 278 g/mol. The second-order valence-electron chi connectivity index (χ2n) is 4.39. The molecule has 19 heavy (non-hydrogen) atoms. The maximum atomic E-state index is 12.4. The minimum Gasteiger partial charge on any atom is -0.379 e. The quantitative estimate of drug-likeness (QED) is 0.821. The number of thioether (sulfide) groups is 1. The molecule has 0 N–H and O–H groups in total. The average Bonchev–Trinajstić information content (AvgIpc) is 2.76. The Bertz CT molecular complexity index is 488. The van der Waals surface area contributed by atoms with Gasteiger partial charge in [-0.15, -0.1) is 0 Å². The second kappa shape index (κ2) is 5.32. The van der Waals surface area contributed by atoms with Gasteiger partial charge in [0, 0.05) is 13.1 Å². The van der Waals surface area contributed by atoms with Crippen molar-refractivity contribution in [2.75, 3.05) is 31.2 Å². The highest BCUT2D eigenvalue weighted by atomic mass is 32.2. The molecule has 6 heteroatoms. The van der Waals surface area contributed by atoms with E-state index in [1.54, 1.807) is 12.1 Å². The number of para-hydroxylation sites is 1. The number of benzene rings is 1. The van der Waals surface area contributed by atoms with Gasteiger partial charge in [0.1, 0.15) is 5.37 Å². The maximum Gasteiger partial charge on any atom is 0.295 e. The third-order valence-electron chi connectivity index (χ3n) is 3.22. The third-order valence-corrected chi connectivity index (χ3v) is 4.33. The predicted octanol–water partition coefficient (Wildman–Crippen LogP) is 1.54. The van der Waals surface area contributed by atoms with E-state index in [4.69, 9.17) is 4.74 Å². The molecule has 0 spiro atoms. The number of nitrogens with zero attached hydrogens (tertiary/aromatic N) is 2. The fourth-order valence-corrected chi connectivity index (χ4v) is 3.31. The first-order valence-electron chi connectivity index (χ1n) is 6.19. The molecular formula is C13H14N2O3S. The lowest BCUT2D eigenvalue weighted by atomic mass is 10.3. The molecule has 1 aromatic rings. The number of carbonyl (C=O) groups excluding carboxylic acids is 2. The molecule has 1 aromatic carbocycles. The largest absolute Gasteiger partial charge is 0.379 e. The summed E-state index contributed by atoms with van der Waals surface area (Å²) in [6.07, 6.45) is 0. The highest BCUT2D eigenvalue weighted by Gasteiger charge is 2.43. The second-order valence-corrected chi connectivity index (χ2v) is 5.43. The van der Waals surface area contributed by atoms with Crippen LogP contribution < -0.4 is 4.90 Å². The van der Waals surface area contributed by atoms with Gasteiger partial charge in [0.15, 0.2) is 0 Å². The van der Waals surface area contributed by atoms with Crippen molar-refractivity contribution in [3.05, 3.63) is 30.3 Å². The van der Waals surface area contributed by atoms with E-state index in [1.165, 1.54) is 4.90 Å². The van der Waals surface area contributed by atoms with Gasteiger partial charge >= 0.3 is 0 Å². The van der Waals surface area contributed by atoms with Crippen LogP contribution in [0.15, 0.2) is 30.3 Å². The summed E-state index contributed by atoms with van der Waals surface area (Å²) in [5.41, 5.74) is 0.640. The van der Waals surface area contributed by atoms with Crippen LogP contribution in [0.3, 0.4) is 0 Å². The van der Waals surface area contributed by atoms with Gasteiger partial charge in [0.25, 0.3) is 11.1 Å². The van der Waals surface area contributed by atoms with E-state index >= 15 is 0 Å². The molecule has 0 saturated carbocycles. The molecule has 1 atom stereocenters. The van der Waals surface area contributed by atoms with Crippen molar-refractivity contribution >= 4 is 28.6 Å². The highest BCUT2D eigenvalue weighted by Crippen LogP contribution is 2.33. The van der Waals surface area contributed by atoms with Gasteiger partial charge in [-0.25, -0.2) is 4.90 Å². The van der Waals surface area contributed by atoms with Crippen molar-refractivity contribution in [3.63, 3.8) is 0 Å². The van der Waals surface area contributed by atoms with E-state index in [9.17, 15) is 9.59 Å². The Morgan fingerprint density at radius 2 is 1.79 bits per heavy atom. The van der Waals surface area contributed by atoms with Crippen LogP contribution in [0, 0.1) is 0 Å². The minimum absolute atomic E-state index is 0.150. The van der Waals surface area contributed by atoms with Gasteiger partial charge in [0.05, 0.1) is 18.9 Å². The normalized spacial score (nSPS) is 25.1. The van der Waals surface area contributed by atoms with Gasteiger partial charge in [-0.2, -0.15) is 0 Å². The molecule has 2 heterocycles. The Balaban J connectivity index is 1.81. The van der Waals surface area contributed by atoms with Crippen LogP contribution in [0.1, 0.15) is 0 Å². The summed E-state index contributed by atoms with van der Waals surface area (Å²) in [5.74, 6) is -0.150. The first-order chi connectivity index (χ1) is 9.27. The van der Waals surface area contributed by atoms with Crippen LogP contribution in [0.2, 0.25) is 0 Å². The molecule has 0 aliphatic carbocycles. The zero-order valence-corrected chi connectivity index (χ0v) is 11.1. The molecular weight excluding hydrogens is 264 g/mol. The standard InChI is InChI=1S/C13H14N2O3S/c16-11-12(14-6-8-18-9-7-14)19-13(17)15(11)10-4-2-1-3-5-10/h1-5,12H,6-9H2/t12-/m1/s1. The van der Waals surface area contributed by atoms with E-state index in [1.807, 2.05) is 23.1 Å². The van der Waals surface area contributed by atoms with Crippen LogP contribution in [0.5, 0.6) is 0 Å². The topological polar surface area (TPSA) is 49.9 Å². The molecule has 2 aliphatic rings. The Hall–Kier alpha value is -1.37. The molecule has 0 bridgehead atoms. The van der Waals surface area contributed by atoms with Gasteiger partial charge in [-0.1, -0.05) is 18.2 Å². The minimum atomic E-state index is -0.406. The van der Waals surface area contributed by atoms with Crippen molar-refractivity contribution in [2.45, 2.75) is 5.37 Å². The molecule has 3 rings (SSSR count). The third kappa shape index (κ3) is 2.39. The zero-order chi connectivity index (χ0) is 13.2. The number of morpholine rings is 1. The number of anilines is 1. The number of hydrogen-bond acceptors (Lipinski definition) is 5. The number of hydrogen-bond donors (Lipinski definition) is 0. The Morgan fingerprint density at radius 1 is 1.11 bits per heavy atom. The first kappa shape index (κ1) is 12.7. The summed E-state index contributed by atoms with van der Waals surface area (Å²) >= 11 is 1.09. The fraction of sp³-hybridized carbons (Fsp3) is 0.385. The monoisotopic (exact) mass is 278 g/mol. The molecule has 5 nitrogen and oxygen atoms in total. The summed E-state index contributed by atoms with van der Waals surface area (Å²) in [6, 6.07) is 9.06. The van der Waals surface area contributed by atoms with Crippen molar-refractivity contribution in [3.8, 4) is 0 Å². The van der Waals surface area contributed by atoms with E-state index in [-0.39, 0.29) is 11.1 Å². The molecule has 2 saturated heterocycles. The fourth-order valence-electron chi connectivity index (χ4n) is 2.25. The summed E-state index contributed by atoms with van der Waals surface area (Å²) < 4.78 is 5.27. The Kier molecular flexibility index (Phi) is 3.54. The maximum absolute atomic E-state index is 12.4. The van der Waals surface area contributed by atoms with Crippen LogP contribution >= 0.6 is 11.8 Å². The zero-order valence-electron chi connectivity index (χ0n) is 10.3. The van der Waals surface area contributed by atoms with E-state index in [0.29, 0.717) is 32.0 Å². The van der Waals surface area contributed by atoms with Crippen molar-refractivity contribution in [1.29, 1.82) is 0 Å². The number of rotatable bonds is 2. The summed E-state index contributed by atoms with van der Waals surface area (Å²) in [7, 11) is 0. The Morgan fingerprint density at radius 3 is 2.47 bits per heavy atom. The lowest BCUT2D eigenvalue weighted by Crippen LogP contribution is -2.46. The van der Waals surface area contributed by atoms with Crippen LogP contribution in [-0.2, 0) is 9.53 Å². The SMILES string of the molecule is O=C1S[C@@H](N2CCOCC2)C(=O)N1c1ccccc1. The summed E-state index contributed by atoms with van der Waals surface area (Å²) in [5, 5.41) is -0.607. The van der Waals surface area contributed by atoms with Crippen molar-refractivity contribution < 1.29 is 14.3 Å². The predicted molar refractivity (Wildman–Crippen MR) is 73.1 cm³/mol. The van der Waals surface area contributed by atoms with Gasteiger partial charge < -0.3 is 4.74 Å². The van der Waals surface area contributed by atoms with E-state index in [0.717, 1.165) is 11.8 Å². The van der Waals surface area contributed by atoms with Crippen molar-refractivity contribution in [2.24, 2.45) is 0 Å². The molecule has 2 amide bonds. The smallest absolute Gasteiger partial charge is 0.295 e. The summed E-state index contributed by atoms with van der Waals surface area (Å²) in [6.45, 7) is 2.62. The van der Waals surface area contributed by atoms with Gasteiger partial charge in [-0.3, -0.25) is 14.5 Å². The molecule has 100 valence electrons.